The second-order valence-corrected chi connectivity index (χ2v) is 3.74. The van der Waals surface area contributed by atoms with Gasteiger partial charge >= 0.3 is 0 Å². The van der Waals surface area contributed by atoms with Crippen molar-refractivity contribution in [2.45, 2.75) is 33.2 Å². The van der Waals surface area contributed by atoms with E-state index in [0.717, 1.165) is 25.3 Å². The fraction of sp³-hybridized carbons (Fsp3) is 0.800. The smallest absolute Gasteiger partial charge is 0.103 e. The van der Waals surface area contributed by atoms with Crippen molar-refractivity contribution in [3.63, 3.8) is 0 Å². The van der Waals surface area contributed by atoms with Crippen LogP contribution in [0.3, 0.4) is 0 Å². The van der Waals surface area contributed by atoms with Crippen LogP contribution in [0.15, 0.2) is 11.8 Å². The van der Waals surface area contributed by atoms with Crippen LogP contribution in [0.4, 0.5) is 0 Å². The summed E-state index contributed by atoms with van der Waals surface area (Å²) in [6, 6.07) is 0.429. The fourth-order valence-electron chi connectivity index (χ4n) is 1.02. The van der Waals surface area contributed by atoms with Crippen LogP contribution < -0.4 is 5.32 Å². The van der Waals surface area contributed by atoms with E-state index in [-0.39, 0.29) is 0 Å². The predicted octanol–water partition coefficient (Wildman–Crippen LogP) is 2.22. The van der Waals surface area contributed by atoms with Gasteiger partial charge in [0.05, 0.1) is 6.26 Å². The molecular weight excluding hydrogens is 182 g/mol. The van der Waals surface area contributed by atoms with Crippen molar-refractivity contribution in [1.82, 2.24) is 5.32 Å². The average molecular weight is 203 g/mol. The summed E-state index contributed by atoms with van der Waals surface area (Å²) in [7, 11) is 0. The normalized spacial score (nSPS) is 12.3. The number of rotatable bonds is 7. The molecule has 1 N–H and O–H groups in total. The number of allylic oxidation sites excluding steroid dienone is 1. The number of likely N-dealkylation sites (N-methyl/N-ethyl adjacent to an activating group) is 1. The molecule has 0 saturated carbocycles. The number of hydrogen-bond acceptors (Lipinski definition) is 3. The molecule has 1 unspecified atom stereocenters. The Kier molecular flexibility index (Phi) is 8.35. The number of thiol groups is 1. The molecule has 0 aromatic rings. The second-order valence-electron chi connectivity index (χ2n) is 3.30. The molecule has 1 atom stereocenters. The molecule has 0 aliphatic carbocycles. The van der Waals surface area contributed by atoms with Gasteiger partial charge in [0, 0.05) is 6.04 Å². The highest BCUT2D eigenvalue weighted by atomic mass is 32.1. The standard InChI is InChI=1S/C10H21NOS/c1-4-11-10(5-6-13)8-12-7-9(2)3/h7,10-11,13H,4-6,8H2,1-3H3. The van der Waals surface area contributed by atoms with Gasteiger partial charge in [0.25, 0.3) is 0 Å². The molecular formula is C10H21NOS. The van der Waals surface area contributed by atoms with Crippen molar-refractivity contribution >= 4 is 12.6 Å². The van der Waals surface area contributed by atoms with Crippen molar-refractivity contribution in [1.29, 1.82) is 0 Å². The monoisotopic (exact) mass is 203 g/mol. The third kappa shape index (κ3) is 8.19. The van der Waals surface area contributed by atoms with Gasteiger partial charge < -0.3 is 10.1 Å². The van der Waals surface area contributed by atoms with Gasteiger partial charge in [-0.2, -0.15) is 12.6 Å². The van der Waals surface area contributed by atoms with Gasteiger partial charge in [-0.3, -0.25) is 0 Å². The van der Waals surface area contributed by atoms with Crippen LogP contribution in [-0.4, -0.2) is 24.9 Å². The summed E-state index contributed by atoms with van der Waals surface area (Å²) in [4.78, 5) is 0. The van der Waals surface area contributed by atoms with Crippen LogP contribution in [0.5, 0.6) is 0 Å². The van der Waals surface area contributed by atoms with E-state index in [4.69, 9.17) is 4.74 Å². The number of nitrogens with one attached hydrogen (secondary N) is 1. The first-order valence-corrected chi connectivity index (χ1v) is 5.43. The van der Waals surface area contributed by atoms with Gasteiger partial charge in [0.15, 0.2) is 0 Å². The van der Waals surface area contributed by atoms with E-state index in [1.54, 1.807) is 0 Å². The van der Waals surface area contributed by atoms with Crippen LogP contribution >= 0.6 is 12.6 Å². The summed E-state index contributed by atoms with van der Waals surface area (Å²) in [5.41, 5.74) is 1.20. The molecule has 2 nitrogen and oxygen atoms in total. The topological polar surface area (TPSA) is 21.3 Å². The maximum atomic E-state index is 5.40. The van der Waals surface area contributed by atoms with E-state index in [9.17, 15) is 0 Å². The molecule has 0 spiro atoms. The molecule has 0 saturated heterocycles. The summed E-state index contributed by atoms with van der Waals surface area (Å²) in [5.74, 6) is 0.899. The summed E-state index contributed by atoms with van der Waals surface area (Å²) in [6.45, 7) is 7.88. The van der Waals surface area contributed by atoms with Gasteiger partial charge in [-0.1, -0.05) is 6.92 Å². The SMILES string of the molecule is CCNC(CCS)COC=C(C)C. The minimum absolute atomic E-state index is 0.429. The molecule has 0 heterocycles. The summed E-state index contributed by atoms with van der Waals surface area (Å²) in [6.07, 6.45) is 2.86. The van der Waals surface area contributed by atoms with Crippen molar-refractivity contribution in [2.75, 3.05) is 18.9 Å². The zero-order valence-electron chi connectivity index (χ0n) is 8.84. The molecule has 0 aromatic carbocycles. The molecule has 13 heavy (non-hydrogen) atoms. The highest BCUT2D eigenvalue weighted by molar-refractivity contribution is 7.80. The molecule has 0 aromatic heterocycles. The van der Waals surface area contributed by atoms with Crippen LogP contribution in [0, 0.1) is 0 Å². The van der Waals surface area contributed by atoms with E-state index in [0.29, 0.717) is 6.04 Å². The first-order valence-electron chi connectivity index (χ1n) is 4.80. The highest BCUT2D eigenvalue weighted by Crippen LogP contribution is 1.97. The molecule has 0 rings (SSSR count). The minimum Gasteiger partial charge on any atom is -0.500 e. The second kappa shape index (κ2) is 8.45. The first kappa shape index (κ1) is 12.8. The molecule has 0 aliphatic rings. The Labute approximate surface area is 87.2 Å². The fourth-order valence-corrected chi connectivity index (χ4v) is 1.33. The molecule has 0 radical (unpaired) electrons. The highest BCUT2D eigenvalue weighted by Gasteiger charge is 2.04. The van der Waals surface area contributed by atoms with Crippen molar-refractivity contribution in [2.24, 2.45) is 0 Å². The van der Waals surface area contributed by atoms with E-state index in [1.807, 2.05) is 20.1 Å². The average Bonchev–Trinajstić information content (AvgIpc) is 2.04. The molecule has 0 amide bonds. The Morgan fingerprint density at radius 3 is 2.69 bits per heavy atom. The Hall–Kier alpha value is -0.150. The maximum Gasteiger partial charge on any atom is 0.103 e. The van der Waals surface area contributed by atoms with Crippen LogP contribution in [0.25, 0.3) is 0 Å². The van der Waals surface area contributed by atoms with Gasteiger partial charge in [-0.15, -0.1) is 0 Å². The van der Waals surface area contributed by atoms with Gasteiger partial charge in [0.2, 0.25) is 0 Å². The molecule has 0 bridgehead atoms. The maximum absolute atomic E-state index is 5.40. The van der Waals surface area contributed by atoms with Crippen molar-refractivity contribution in [3.8, 4) is 0 Å². The van der Waals surface area contributed by atoms with E-state index in [1.165, 1.54) is 5.57 Å². The lowest BCUT2D eigenvalue weighted by Crippen LogP contribution is -2.33. The quantitative estimate of drug-likeness (QED) is 0.489. The van der Waals surface area contributed by atoms with Gasteiger partial charge in [-0.05, 0) is 38.1 Å². The van der Waals surface area contributed by atoms with Crippen LogP contribution in [0.1, 0.15) is 27.2 Å². The van der Waals surface area contributed by atoms with E-state index < -0.39 is 0 Å². The van der Waals surface area contributed by atoms with E-state index >= 15 is 0 Å². The lowest BCUT2D eigenvalue weighted by atomic mass is 10.2. The van der Waals surface area contributed by atoms with Crippen LogP contribution in [-0.2, 0) is 4.74 Å². The lowest BCUT2D eigenvalue weighted by Gasteiger charge is -2.16. The van der Waals surface area contributed by atoms with Crippen molar-refractivity contribution < 1.29 is 4.74 Å². The largest absolute Gasteiger partial charge is 0.500 e. The molecule has 0 fully saturated rings. The van der Waals surface area contributed by atoms with E-state index in [2.05, 4.69) is 24.9 Å². The summed E-state index contributed by atoms with van der Waals surface area (Å²) < 4.78 is 5.40. The molecule has 78 valence electrons. The first-order chi connectivity index (χ1) is 6.20. The summed E-state index contributed by atoms with van der Waals surface area (Å²) in [5, 5.41) is 3.35. The van der Waals surface area contributed by atoms with Gasteiger partial charge in [0.1, 0.15) is 6.61 Å². The molecule has 3 heteroatoms. The number of ether oxygens (including phenoxy) is 1. The number of hydrogen-bond donors (Lipinski definition) is 2. The Bertz CT molecular complexity index is 138. The Morgan fingerprint density at radius 1 is 1.54 bits per heavy atom. The lowest BCUT2D eigenvalue weighted by molar-refractivity contribution is 0.206. The van der Waals surface area contributed by atoms with Crippen molar-refractivity contribution in [3.05, 3.63) is 11.8 Å². The Balaban J connectivity index is 3.61. The zero-order valence-corrected chi connectivity index (χ0v) is 9.73. The predicted molar refractivity (Wildman–Crippen MR) is 61.3 cm³/mol. The Morgan fingerprint density at radius 2 is 2.23 bits per heavy atom. The zero-order chi connectivity index (χ0) is 10.1. The third-order valence-corrected chi connectivity index (χ3v) is 1.85. The third-order valence-electron chi connectivity index (χ3n) is 1.59. The summed E-state index contributed by atoms with van der Waals surface area (Å²) >= 11 is 4.20. The molecule has 0 aliphatic heterocycles. The minimum atomic E-state index is 0.429. The van der Waals surface area contributed by atoms with Crippen LogP contribution in [0.2, 0.25) is 0 Å². The van der Waals surface area contributed by atoms with Gasteiger partial charge in [-0.25, -0.2) is 0 Å².